The Bertz CT molecular complexity index is 930. The van der Waals surface area contributed by atoms with Crippen LogP contribution in [0.2, 0.25) is 5.02 Å². The Kier molecular flexibility index (Phi) is 7.67. The fourth-order valence-corrected chi connectivity index (χ4v) is 2.92. The molecule has 0 radical (unpaired) electrons. The number of halogens is 1. The predicted molar refractivity (Wildman–Crippen MR) is 104 cm³/mol. The van der Waals surface area contributed by atoms with Gasteiger partial charge in [0.2, 0.25) is 0 Å². The molecule has 3 N–H and O–H groups in total. The second kappa shape index (κ2) is 10.2. The van der Waals surface area contributed by atoms with Crippen molar-refractivity contribution in [2.75, 3.05) is 0 Å². The van der Waals surface area contributed by atoms with Gasteiger partial charge < -0.3 is 15.2 Å². The largest absolute Gasteiger partial charge is 0.478 e. The molecule has 0 amide bonds. The average molecular weight is 419 g/mol. The Morgan fingerprint density at radius 1 is 1.24 bits per heavy atom. The molecule has 0 aliphatic heterocycles. The molecular weight excluding hydrogens is 400 g/mol. The van der Waals surface area contributed by atoms with E-state index in [4.69, 9.17) is 21.5 Å². The van der Waals surface area contributed by atoms with Crippen LogP contribution in [0.3, 0.4) is 0 Å². The first-order chi connectivity index (χ1) is 13.8. The molecule has 0 aliphatic rings. The van der Waals surface area contributed by atoms with Crippen molar-refractivity contribution in [1.29, 1.82) is 0 Å². The van der Waals surface area contributed by atoms with E-state index in [9.17, 15) is 14.8 Å². The minimum absolute atomic E-state index is 0.0763. The van der Waals surface area contributed by atoms with Crippen LogP contribution >= 0.6 is 11.6 Å². The zero-order chi connectivity index (χ0) is 21.4. The van der Waals surface area contributed by atoms with Crippen LogP contribution in [0.25, 0.3) is 0 Å². The first kappa shape index (κ1) is 21.8. The van der Waals surface area contributed by atoms with E-state index in [1.807, 2.05) is 12.1 Å². The molecule has 29 heavy (non-hydrogen) atoms. The molecule has 10 heteroatoms. The third-order valence-electron chi connectivity index (χ3n) is 4.06. The van der Waals surface area contributed by atoms with Crippen LogP contribution in [0, 0.1) is 12.8 Å². The number of carboxylic acids is 1. The molecule has 1 heterocycles. The second-order valence-corrected chi connectivity index (χ2v) is 6.44. The zero-order valence-corrected chi connectivity index (χ0v) is 16.4. The Labute approximate surface area is 171 Å². The highest BCUT2D eigenvalue weighted by Crippen LogP contribution is 2.36. The van der Waals surface area contributed by atoms with Crippen molar-refractivity contribution in [3.8, 4) is 0 Å². The summed E-state index contributed by atoms with van der Waals surface area (Å²) in [6, 6.07) is 7.15. The highest BCUT2D eigenvalue weighted by atomic mass is 35.5. The SMILES string of the molecule is Cc1ncc(C(c2ccccc2Cl)C(C)/C(=N/O)NOC(=O)/C=C\C(=O)O)cn1. The van der Waals surface area contributed by atoms with E-state index in [0.717, 1.165) is 5.56 Å². The van der Waals surface area contributed by atoms with Crippen molar-refractivity contribution >= 4 is 29.4 Å². The van der Waals surface area contributed by atoms with Gasteiger partial charge in [-0.1, -0.05) is 41.9 Å². The maximum atomic E-state index is 11.6. The summed E-state index contributed by atoms with van der Waals surface area (Å²) in [6.07, 6.45) is 4.63. The van der Waals surface area contributed by atoms with Crippen molar-refractivity contribution in [3.63, 3.8) is 0 Å². The van der Waals surface area contributed by atoms with Gasteiger partial charge in [-0.3, -0.25) is 0 Å². The number of nitrogens with one attached hydrogen (secondary N) is 1. The Morgan fingerprint density at radius 3 is 2.48 bits per heavy atom. The number of aliphatic carboxylic acids is 1. The van der Waals surface area contributed by atoms with Gasteiger partial charge >= 0.3 is 11.9 Å². The minimum Gasteiger partial charge on any atom is -0.478 e. The fraction of sp³-hybridized carbons (Fsp3) is 0.211. The monoisotopic (exact) mass is 418 g/mol. The van der Waals surface area contributed by atoms with Crippen LogP contribution < -0.4 is 5.48 Å². The number of oxime groups is 1. The number of hydrogen-bond acceptors (Lipinski definition) is 7. The molecule has 0 saturated carbocycles. The van der Waals surface area contributed by atoms with Gasteiger partial charge in [-0.25, -0.2) is 25.0 Å². The quantitative estimate of drug-likeness (QED) is 0.214. The van der Waals surface area contributed by atoms with Gasteiger partial charge in [0, 0.05) is 41.4 Å². The minimum atomic E-state index is -1.30. The van der Waals surface area contributed by atoms with Crippen LogP contribution in [-0.4, -0.2) is 38.1 Å². The van der Waals surface area contributed by atoms with Crippen molar-refractivity contribution < 1.29 is 24.7 Å². The van der Waals surface area contributed by atoms with Gasteiger partial charge in [-0.15, -0.1) is 0 Å². The highest BCUT2D eigenvalue weighted by molar-refractivity contribution is 6.31. The topological polar surface area (TPSA) is 134 Å². The van der Waals surface area contributed by atoms with Crippen molar-refractivity contribution in [2.45, 2.75) is 19.8 Å². The summed E-state index contributed by atoms with van der Waals surface area (Å²) in [5.41, 5.74) is 3.70. The van der Waals surface area contributed by atoms with Crippen LogP contribution in [0.5, 0.6) is 0 Å². The Morgan fingerprint density at radius 2 is 1.90 bits per heavy atom. The van der Waals surface area contributed by atoms with E-state index in [1.54, 1.807) is 38.4 Å². The van der Waals surface area contributed by atoms with Crippen LogP contribution in [0.1, 0.15) is 29.8 Å². The van der Waals surface area contributed by atoms with Crippen LogP contribution in [-0.2, 0) is 14.4 Å². The summed E-state index contributed by atoms with van der Waals surface area (Å²) in [6.45, 7) is 3.49. The molecule has 0 fully saturated rings. The smallest absolute Gasteiger partial charge is 0.355 e. The summed E-state index contributed by atoms with van der Waals surface area (Å²) < 4.78 is 0. The summed E-state index contributed by atoms with van der Waals surface area (Å²) >= 11 is 6.38. The molecule has 1 aromatic heterocycles. The molecular formula is C19H19ClN4O5. The van der Waals surface area contributed by atoms with Gasteiger partial charge in [0.05, 0.1) is 0 Å². The molecule has 9 nitrogen and oxygen atoms in total. The molecule has 2 unspecified atom stereocenters. The van der Waals surface area contributed by atoms with Gasteiger partial charge in [-0.2, -0.15) is 0 Å². The van der Waals surface area contributed by atoms with Gasteiger partial charge in [0.1, 0.15) is 5.82 Å². The van der Waals surface area contributed by atoms with E-state index in [0.29, 0.717) is 28.6 Å². The number of aromatic nitrogens is 2. The third-order valence-corrected chi connectivity index (χ3v) is 4.40. The lowest BCUT2D eigenvalue weighted by Gasteiger charge is -2.26. The number of carbonyl (C=O) groups is 2. The Hall–Kier alpha value is -3.46. The molecule has 0 saturated heterocycles. The van der Waals surface area contributed by atoms with Gasteiger partial charge in [0.25, 0.3) is 0 Å². The molecule has 0 bridgehead atoms. The van der Waals surface area contributed by atoms with E-state index >= 15 is 0 Å². The normalized spacial score (nSPS) is 13.7. The second-order valence-electron chi connectivity index (χ2n) is 6.03. The number of nitrogens with zero attached hydrogens (tertiary/aromatic N) is 3. The van der Waals surface area contributed by atoms with Gasteiger partial charge in [-0.05, 0) is 24.1 Å². The molecule has 0 spiro atoms. The molecule has 2 aromatic rings. The summed E-state index contributed by atoms with van der Waals surface area (Å²) in [5.74, 6) is -2.75. The first-order valence-corrected chi connectivity index (χ1v) is 8.84. The lowest BCUT2D eigenvalue weighted by molar-refractivity contribution is -0.142. The molecule has 0 aliphatic carbocycles. The number of hydrogen-bond donors (Lipinski definition) is 3. The molecule has 2 atom stereocenters. The van der Waals surface area contributed by atoms with Crippen molar-refractivity contribution in [1.82, 2.24) is 15.4 Å². The van der Waals surface area contributed by atoms with Crippen LogP contribution in [0.4, 0.5) is 0 Å². The maximum absolute atomic E-state index is 11.6. The summed E-state index contributed by atoms with van der Waals surface area (Å²) in [7, 11) is 0. The van der Waals surface area contributed by atoms with Crippen molar-refractivity contribution in [2.24, 2.45) is 11.1 Å². The van der Waals surface area contributed by atoms with Crippen LogP contribution in [0.15, 0.2) is 54.0 Å². The van der Waals surface area contributed by atoms with E-state index in [1.165, 1.54) is 0 Å². The lowest BCUT2D eigenvalue weighted by Crippen LogP contribution is -2.35. The fourth-order valence-electron chi connectivity index (χ4n) is 2.67. The summed E-state index contributed by atoms with van der Waals surface area (Å²) in [5, 5.41) is 21.7. The number of carbonyl (C=O) groups excluding carboxylic acids is 1. The van der Waals surface area contributed by atoms with Crippen molar-refractivity contribution in [3.05, 3.63) is 70.8 Å². The third kappa shape index (κ3) is 6.01. The van der Waals surface area contributed by atoms with E-state index in [-0.39, 0.29) is 5.84 Å². The molecule has 1 aromatic carbocycles. The highest BCUT2D eigenvalue weighted by Gasteiger charge is 2.29. The predicted octanol–water partition coefficient (Wildman–Crippen LogP) is 2.68. The maximum Gasteiger partial charge on any atom is 0.355 e. The van der Waals surface area contributed by atoms with E-state index in [2.05, 4.69) is 20.6 Å². The standard InChI is InChI=1S/C19H19ClN4O5/c1-11(19(23-28)24-29-17(27)8-7-16(25)26)18(13-9-21-12(2)22-10-13)14-5-3-4-6-15(14)20/h3-11,18,28H,1-2H3,(H,23,24)(H,25,26)/b8-7-. The first-order valence-electron chi connectivity index (χ1n) is 8.46. The Balaban J connectivity index is 2.31. The lowest BCUT2D eigenvalue weighted by atomic mass is 9.82. The van der Waals surface area contributed by atoms with E-state index < -0.39 is 23.8 Å². The number of amidine groups is 1. The number of benzene rings is 1. The average Bonchev–Trinajstić information content (AvgIpc) is 2.70. The molecule has 2 rings (SSSR count). The number of hydroxylamine groups is 1. The number of rotatable bonds is 6. The number of carboxylic acid groups (broad SMARTS) is 1. The zero-order valence-electron chi connectivity index (χ0n) is 15.6. The summed E-state index contributed by atoms with van der Waals surface area (Å²) in [4.78, 5) is 35.2. The number of aryl methyl sites for hydroxylation is 1. The van der Waals surface area contributed by atoms with Gasteiger partial charge in [0.15, 0.2) is 5.84 Å². The molecule has 152 valence electrons.